The van der Waals surface area contributed by atoms with Gasteiger partial charge in [0.25, 0.3) is 11.8 Å². The highest BCUT2D eigenvalue weighted by molar-refractivity contribution is 9.10. The van der Waals surface area contributed by atoms with Crippen molar-refractivity contribution in [1.29, 1.82) is 0 Å². The van der Waals surface area contributed by atoms with E-state index in [2.05, 4.69) is 35.9 Å². The van der Waals surface area contributed by atoms with Gasteiger partial charge in [-0.15, -0.1) is 0 Å². The van der Waals surface area contributed by atoms with Crippen molar-refractivity contribution in [1.82, 2.24) is 29.7 Å². The lowest BCUT2D eigenvalue weighted by molar-refractivity contribution is 0.00578. The number of carbonyl (C=O) groups excluding carboxylic acids is 2. The Kier molecular flexibility index (Phi) is 14.3. The Morgan fingerprint density at radius 2 is 1.01 bits per heavy atom. The average molecular weight is 1070 g/mol. The fourth-order valence-corrected chi connectivity index (χ4v) is 9.30. The number of halogens is 5. The first-order chi connectivity index (χ1) is 35.2. The topological polar surface area (TPSA) is 203 Å². The molecular weight excluding hydrogens is 1020 g/mol. The van der Waals surface area contributed by atoms with Gasteiger partial charge < -0.3 is 40.8 Å². The number of nitrogens with zero attached hydrogens (tertiary/aromatic N) is 6. The standard InChI is InChI=1S/C24H18F2N4O2.C23H25BN4O3.C7H5BrF2O/c25-19-8-16(12-31)17(9-20(19)26)13-5-6-21-18(7-13)22(29-24(27)28-21)23(32)30-10-14-3-1-2-4-15(14)11-30;1-22(2)23(3,4)31-24(30-22)16-9-10-18-17(11-16)19(27-21(25)26-18)20(29)28-12-14-7-5-6-8-15(14)13-28;8-5-2-7(10)6(9)1-4(5)3-11/h1-9,31H,10-12H2,(H2,27,28,29);5-11H,12-13H2,1-4H3,(H2,25,26,27);1-2,11H,3H2. The fraction of sp³-hybridized carbons (Fsp3) is 0.222. The van der Waals surface area contributed by atoms with Gasteiger partial charge in [-0.2, -0.15) is 0 Å². The first-order valence-corrected chi connectivity index (χ1v) is 24.1. The molecule has 1 fully saturated rings. The Labute approximate surface area is 431 Å². The predicted octanol–water partition coefficient (Wildman–Crippen LogP) is 8.69. The number of anilines is 2. The van der Waals surface area contributed by atoms with Gasteiger partial charge >= 0.3 is 7.12 Å². The second-order valence-corrected chi connectivity index (χ2v) is 19.8. The van der Waals surface area contributed by atoms with Gasteiger partial charge in [-0.05, 0) is 120 Å². The zero-order valence-electron chi connectivity index (χ0n) is 40.5. The summed E-state index contributed by atoms with van der Waals surface area (Å²) in [4.78, 5) is 47.3. The smallest absolute Gasteiger partial charge is 0.399 e. The summed E-state index contributed by atoms with van der Waals surface area (Å²) in [6.07, 6.45) is 0. The van der Waals surface area contributed by atoms with E-state index in [-0.39, 0.29) is 41.6 Å². The van der Waals surface area contributed by atoms with Crippen LogP contribution in [0.4, 0.5) is 29.5 Å². The molecule has 14 nitrogen and oxygen atoms in total. The monoisotopic (exact) mass is 1070 g/mol. The maximum absolute atomic E-state index is 13.9. The number of hydrogen-bond donors (Lipinski definition) is 4. The van der Waals surface area contributed by atoms with Gasteiger partial charge in [-0.3, -0.25) is 9.59 Å². The number of aliphatic hydroxyl groups excluding tert-OH is 2. The summed E-state index contributed by atoms with van der Waals surface area (Å²) in [6.45, 7) is 9.29. The van der Waals surface area contributed by atoms with Crippen LogP contribution in [0.5, 0.6) is 0 Å². The van der Waals surface area contributed by atoms with E-state index in [0.29, 0.717) is 74.8 Å². The van der Waals surface area contributed by atoms with Gasteiger partial charge in [-0.1, -0.05) is 82.7 Å². The van der Waals surface area contributed by atoms with E-state index >= 15 is 0 Å². The molecule has 8 aromatic rings. The fourth-order valence-electron chi connectivity index (χ4n) is 8.86. The summed E-state index contributed by atoms with van der Waals surface area (Å²) < 4.78 is 65.2. The molecule has 3 aliphatic heterocycles. The van der Waals surface area contributed by atoms with Crippen LogP contribution in [0.1, 0.15) is 82.1 Å². The van der Waals surface area contributed by atoms with Gasteiger partial charge in [-0.25, -0.2) is 37.5 Å². The first kappa shape index (κ1) is 51.5. The molecule has 6 N–H and O–H groups in total. The zero-order valence-corrected chi connectivity index (χ0v) is 42.1. The van der Waals surface area contributed by atoms with Crippen LogP contribution in [0, 0.1) is 23.3 Å². The SMILES string of the molecule is CC1(C)OB(c2ccc3nc(N)nc(C(=O)N4Cc5ccccc5C4)c3c2)OC1(C)C.Nc1nc(C(=O)N2Cc3ccccc3C2)c2cc(-c3cc(F)c(F)cc3CO)ccc2n1.OCc1cc(F)c(F)cc1Br. The maximum Gasteiger partial charge on any atom is 0.494 e. The van der Waals surface area contributed by atoms with Gasteiger partial charge in [0.2, 0.25) is 11.9 Å². The average Bonchev–Trinajstić information content (AvgIpc) is 4.08. The molecular formula is C54H48BBrF4N8O6. The van der Waals surface area contributed by atoms with Crippen LogP contribution in [0.3, 0.4) is 0 Å². The molecule has 3 aliphatic rings. The lowest BCUT2D eigenvalue weighted by Crippen LogP contribution is -2.41. The zero-order chi connectivity index (χ0) is 52.8. The highest BCUT2D eigenvalue weighted by atomic mass is 79.9. The van der Waals surface area contributed by atoms with Crippen molar-refractivity contribution >= 4 is 74.0 Å². The normalized spacial score (nSPS) is 15.1. The van der Waals surface area contributed by atoms with Crippen LogP contribution in [-0.4, -0.2) is 70.1 Å². The molecule has 0 unspecified atom stereocenters. The van der Waals surface area contributed by atoms with Crippen molar-refractivity contribution in [3.8, 4) is 11.1 Å². The molecule has 1 saturated heterocycles. The lowest BCUT2D eigenvalue weighted by atomic mass is 9.78. The maximum atomic E-state index is 13.9. The van der Waals surface area contributed by atoms with E-state index in [9.17, 15) is 32.3 Å². The predicted molar refractivity (Wildman–Crippen MR) is 275 cm³/mol. The molecule has 0 aliphatic carbocycles. The number of aliphatic hydroxyl groups is 2. The minimum Gasteiger partial charge on any atom is -0.399 e. The molecule has 11 rings (SSSR count). The number of aromatic nitrogens is 4. The number of hydrogen-bond acceptors (Lipinski definition) is 12. The number of carbonyl (C=O) groups is 2. The Morgan fingerprint density at radius 3 is 1.49 bits per heavy atom. The summed E-state index contributed by atoms with van der Waals surface area (Å²) in [5.41, 5.74) is 19.0. The number of amides is 2. The van der Waals surface area contributed by atoms with Crippen molar-refractivity contribution in [3.63, 3.8) is 0 Å². The third-order valence-electron chi connectivity index (χ3n) is 13.5. The molecule has 2 aromatic heterocycles. The Morgan fingerprint density at radius 1 is 0.595 bits per heavy atom. The summed E-state index contributed by atoms with van der Waals surface area (Å²) in [5, 5.41) is 19.3. The third-order valence-corrected chi connectivity index (χ3v) is 14.3. The van der Waals surface area contributed by atoms with E-state index in [1.807, 2.05) is 94.4 Å². The Bertz CT molecular complexity index is 3470. The van der Waals surface area contributed by atoms with Gasteiger partial charge in [0.15, 0.2) is 23.3 Å². The van der Waals surface area contributed by atoms with Crippen LogP contribution in [0.15, 0.2) is 114 Å². The summed E-state index contributed by atoms with van der Waals surface area (Å²) in [5.74, 6) is -4.36. The van der Waals surface area contributed by atoms with Crippen molar-refractivity contribution < 1.29 is 46.7 Å². The van der Waals surface area contributed by atoms with Crippen molar-refractivity contribution in [2.45, 2.75) is 78.3 Å². The molecule has 5 heterocycles. The number of fused-ring (bicyclic) bond motifs is 4. The van der Waals surface area contributed by atoms with E-state index in [0.717, 1.165) is 52.0 Å². The summed E-state index contributed by atoms with van der Waals surface area (Å²) in [6, 6.07) is 30.4. The molecule has 20 heteroatoms. The highest BCUT2D eigenvalue weighted by Gasteiger charge is 2.51. The minimum absolute atomic E-state index is 0.0332. The van der Waals surface area contributed by atoms with Crippen molar-refractivity contribution in [3.05, 3.63) is 182 Å². The number of nitrogen functional groups attached to an aromatic ring is 2. The molecule has 0 radical (unpaired) electrons. The van der Waals surface area contributed by atoms with E-state index < -0.39 is 48.2 Å². The third kappa shape index (κ3) is 10.3. The van der Waals surface area contributed by atoms with E-state index in [4.69, 9.17) is 25.9 Å². The van der Waals surface area contributed by atoms with E-state index in [1.165, 1.54) is 0 Å². The minimum atomic E-state index is -1.04. The van der Waals surface area contributed by atoms with Crippen LogP contribution < -0.4 is 16.9 Å². The van der Waals surface area contributed by atoms with Crippen LogP contribution >= 0.6 is 15.9 Å². The second kappa shape index (κ2) is 20.5. The highest BCUT2D eigenvalue weighted by Crippen LogP contribution is 2.37. The molecule has 6 aromatic carbocycles. The quantitative estimate of drug-likeness (QED) is 0.0702. The van der Waals surface area contributed by atoms with Crippen molar-refractivity contribution in [2.24, 2.45) is 0 Å². The largest absolute Gasteiger partial charge is 0.494 e. The summed E-state index contributed by atoms with van der Waals surface area (Å²) in [7, 11) is -0.536. The lowest BCUT2D eigenvalue weighted by Gasteiger charge is -2.32. The Hall–Kier alpha value is -7.36. The molecule has 2 amide bonds. The van der Waals surface area contributed by atoms with Crippen LogP contribution in [0.2, 0.25) is 0 Å². The van der Waals surface area contributed by atoms with Crippen LogP contribution in [0.25, 0.3) is 32.9 Å². The van der Waals surface area contributed by atoms with Gasteiger partial charge in [0.1, 0.15) is 11.4 Å². The molecule has 0 atom stereocenters. The second-order valence-electron chi connectivity index (χ2n) is 18.9. The number of rotatable bonds is 6. The van der Waals surface area contributed by atoms with Gasteiger partial charge in [0, 0.05) is 41.4 Å². The first-order valence-electron chi connectivity index (χ1n) is 23.3. The number of benzene rings is 6. The Balaban J connectivity index is 0.000000151. The van der Waals surface area contributed by atoms with Gasteiger partial charge in [0.05, 0.1) is 35.4 Å². The molecule has 74 heavy (non-hydrogen) atoms. The molecule has 378 valence electrons. The number of nitrogens with two attached hydrogens (primary N) is 2. The molecule has 0 saturated carbocycles. The van der Waals surface area contributed by atoms with Crippen LogP contribution in [-0.2, 0) is 48.7 Å². The summed E-state index contributed by atoms with van der Waals surface area (Å²) >= 11 is 2.97. The van der Waals surface area contributed by atoms with E-state index in [1.54, 1.807) is 28.0 Å². The molecule has 0 spiro atoms. The van der Waals surface area contributed by atoms with Crippen molar-refractivity contribution in [2.75, 3.05) is 11.5 Å². The molecule has 0 bridgehead atoms.